The molecule has 1 atom stereocenters. The van der Waals surface area contributed by atoms with Gasteiger partial charge in [0.1, 0.15) is 11.5 Å². The highest BCUT2D eigenvalue weighted by molar-refractivity contribution is 6.51. The van der Waals surface area contributed by atoms with Gasteiger partial charge in [-0.05, 0) is 60.7 Å². The summed E-state index contributed by atoms with van der Waals surface area (Å²) in [7, 11) is 1.60. The van der Waals surface area contributed by atoms with Gasteiger partial charge in [-0.25, -0.2) is 0 Å². The Morgan fingerprint density at radius 1 is 1.06 bits per heavy atom. The molecule has 1 saturated heterocycles. The number of Topliss-reactive ketones (excluding diaryl/α,β-unsaturated/α-hetero) is 1. The van der Waals surface area contributed by atoms with E-state index in [0.29, 0.717) is 22.6 Å². The average molecular weight is 471 g/mol. The van der Waals surface area contributed by atoms with Crippen LogP contribution in [0.2, 0.25) is 0 Å². The van der Waals surface area contributed by atoms with Crippen LogP contribution in [0, 0.1) is 13.8 Å². The van der Waals surface area contributed by atoms with E-state index >= 15 is 0 Å². The Hall–Kier alpha value is -3.93. The van der Waals surface area contributed by atoms with Crippen molar-refractivity contribution in [2.45, 2.75) is 46.1 Å². The van der Waals surface area contributed by atoms with Gasteiger partial charge >= 0.3 is 0 Å². The molecule has 6 nitrogen and oxygen atoms in total. The summed E-state index contributed by atoms with van der Waals surface area (Å²) >= 11 is 0. The van der Waals surface area contributed by atoms with Crippen LogP contribution in [0.25, 0.3) is 5.76 Å². The van der Waals surface area contributed by atoms with Crippen molar-refractivity contribution in [1.82, 2.24) is 4.98 Å². The van der Waals surface area contributed by atoms with E-state index in [1.54, 1.807) is 37.7 Å². The molecule has 2 aromatic carbocycles. The lowest BCUT2D eigenvalue weighted by atomic mass is 9.84. The van der Waals surface area contributed by atoms with Crippen molar-refractivity contribution < 1.29 is 19.4 Å². The van der Waals surface area contributed by atoms with Crippen molar-refractivity contribution in [2.75, 3.05) is 12.0 Å². The highest BCUT2D eigenvalue weighted by Gasteiger charge is 2.47. The third kappa shape index (κ3) is 4.32. The fourth-order valence-corrected chi connectivity index (χ4v) is 4.61. The van der Waals surface area contributed by atoms with Crippen molar-refractivity contribution in [1.29, 1.82) is 0 Å². The topological polar surface area (TPSA) is 79.7 Å². The van der Waals surface area contributed by atoms with Crippen LogP contribution < -0.4 is 9.64 Å². The van der Waals surface area contributed by atoms with Crippen LogP contribution in [0.3, 0.4) is 0 Å². The lowest BCUT2D eigenvalue weighted by molar-refractivity contribution is -0.132. The van der Waals surface area contributed by atoms with Gasteiger partial charge in [-0.15, -0.1) is 0 Å². The number of aromatic nitrogens is 1. The van der Waals surface area contributed by atoms with Gasteiger partial charge < -0.3 is 9.84 Å². The Kier molecular flexibility index (Phi) is 6.24. The molecule has 0 saturated carbocycles. The molecule has 1 fully saturated rings. The number of benzene rings is 2. The number of aliphatic hydroxyl groups excluding tert-OH is 1. The summed E-state index contributed by atoms with van der Waals surface area (Å²) in [5.74, 6) is -0.951. The molecule has 1 aromatic heterocycles. The van der Waals surface area contributed by atoms with Gasteiger partial charge in [0.05, 0.1) is 18.7 Å². The number of nitrogens with zero attached hydrogens (tertiary/aromatic N) is 2. The second kappa shape index (κ2) is 9.02. The number of aliphatic hydroxyl groups is 1. The fourth-order valence-electron chi connectivity index (χ4n) is 4.61. The fraction of sp³-hybridized carbons (Fsp3) is 0.276. The van der Waals surface area contributed by atoms with Crippen molar-refractivity contribution >= 4 is 23.1 Å². The first-order valence-corrected chi connectivity index (χ1v) is 11.5. The monoisotopic (exact) mass is 470 g/mol. The summed E-state index contributed by atoms with van der Waals surface area (Å²) in [6.07, 6.45) is 3.25. The van der Waals surface area contributed by atoms with Crippen LogP contribution in [0.1, 0.15) is 54.6 Å². The van der Waals surface area contributed by atoms with E-state index in [2.05, 4.69) is 4.98 Å². The molecule has 0 radical (unpaired) electrons. The van der Waals surface area contributed by atoms with Gasteiger partial charge in [0, 0.05) is 29.2 Å². The molecule has 35 heavy (non-hydrogen) atoms. The summed E-state index contributed by atoms with van der Waals surface area (Å²) in [6.45, 7) is 10.0. The van der Waals surface area contributed by atoms with E-state index in [0.717, 1.165) is 16.7 Å². The highest BCUT2D eigenvalue weighted by Crippen LogP contribution is 2.43. The van der Waals surface area contributed by atoms with E-state index in [-0.39, 0.29) is 16.7 Å². The Morgan fingerprint density at radius 2 is 1.80 bits per heavy atom. The van der Waals surface area contributed by atoms with Crippen LogP contribution in [-0.2, 0) is 15.0 Å². The zero-order valence-corrected chi connectivity index (χ0v) is 20.9. The molecule has 1 N–H and O–H groups in total. The Bertz CT molecular complexity index is 1340. The molecule has 180 valence electrons. The minimum atomic E-state index is -0.815. The van der Waals surface area contributed by atoms with Crippen LogP contribution in [-0.4, -0.2) is 28.9 Å². The number of ether oxygens (including phenoxy) is 1. The largest absolute Gasteiger partial charge is 0.507 e. The predicted molar refractivity (Wildman–Crippen MR) is 137 cm³/mol. The van der Waals surface area contributed by atoms with Crippen molar-refractivity contribution in [2.24, 2.45) is 0 Å². The predicted octanol–water partition coefficient (Wildman–Crippen LogP) is 5.63. The van der Waals surface area contributed by atoms with Gasteiger partial charge in [0.25, 0.3) is 11.7 Å². The maximum Gasteiger partial charge on any atom is 0.300 e. The zero-order valence-electron chi connectivity index (χ0n) is 20.9. The molecule has 1 amide bonds. The number of pyridine rings is 1. The first kappa shape index (κ1) is 24.2. The summed E-state index contributed by atoms with van der Waals surface area (Å²) in [5.41, 5.74) is 4.26. The molecule has 1 aliphatic rings. The number of methoxy groups -OCH3 is 1. The molecule has 2 heterocycles. The summed E-state index contributed by atoms with van der Waals surface area (Å²) in [4.78, 5) is 32.5. The molecule has 6 heteroatoms. The quantitative estimate of drug-likeness (QED) is 0.304. The number of hydrogen-bond donors (Lipinski definition) is 1. The second-order valence-electron chi connectivity index (χ2n) is 9.91. The first-order valence-electron chi connectivity index (χ1n) is 11.5. The highest BCUT2D eigenvalue weighted by atomic mass is 16.5. The van der Waals surface area contributed by atoms with Gasteiger partial charge in [0.15, 0.2) is 0 Å². The number of amides is 1. The van der Waals surface area contributed by atoms with Gasteiger partial charge in [-0.3, -0.25) is 19.5 Å². The molecule has 0 aliphatic carbocycles. The number of carbonyl (C=O) groups excluding carboxylic acids is 2. The van der Waals surface area contributed by atoms with E-state index in [1.807, 2.05) is 65.0 Å². The summed E-state index contributed by atoms with van der Waals surface area (Å²) < 4.78 is 5.52. The van der Waals surface area contributed by atoms with Gasteiger partial charge in [-0.2, -0.15) is 0 Å². The molecule has 0 spiro atoms. The van der Waals surface area contributed by atoms with E-state index in [1.165, 1.54) is 4.90 Å². The Labute approximate surface area is 205 Å². The van der Waals surface area contributed by atoms with Crippen LogP contribution in [0.15, 0.2) is 66.5 Å². The first-order chi connectivity index (χ1) is 16.5. The third-order valence-electron chi connectivity index (χ3n) is 6.34. The molecule has 1 aliphatic heterocycles. The summed E-state index contributed by atoms with van der Waals surface area (Å²) in [5, 5.41) is 11.5. The molecule has 3 aromatic rings. The van der Waals surface area contributed by atoms with Crippen LogP contribution >= 0.6 is 0 Å². The lowest BCUT2D eigenvalue weighted by Gasteiger charge is -2.27. The van der Waals surface area contributed by atoms with Crippen molar-refractivity contribution in [3.8, 4) is 5.75 Å². The SMILES string of the molecule is COc1ccc(/C(O)=C2/C(=O)C(=O)N(c3ccc(C)cc3C)C2c2cccnc2)cc1C(C)(C)C. The third-order valence-corrected chi connectivity index (χ3v) is 6.34. The van der Waals surface area contributed by atoms with Gasteiger partial charge in [-0.1, -0.05) is 44.5 Å². The Morgan fingerprint density at radius 3 is 2.40 bits per heavy atom. The van der Waals surface area contributed by atoms with Crippen LogP contribution in [0.4, 0.5) is 5.69 Å². The van der Waals surface area contributed by atoms with E-state index in [9.17, 15) is 14.7 Å². The minimum Gasteiger partial charge on any atom is -0.507 e. The average Bonchev–Trinajstić information content (AvgIpc) is 3.08. The number of aryl methyl sites for hydroxylation is 2. The molecule has 4 rings (SSSR count). The number of ketones is 1. The molecule has 1 unspecified atom stereocenters. The van der Waals surface area contributed by atoms with Crippen LogP contribution in [0.5, 0.6) is 5.75 Å². The zero-order chi connectivity index (χ0) is 25.5. The number of rotatable bonds is 4. The maximum atomic E-state index is 13.4. The smallest absolute Gasteiger partial charge is 0.300 e. The lowest BCUT2D eigenvalue weighted by Crippen LogP contribution is -2.30. The molecule has 0 bridgehead atoms. The summed E-state index contributed by atoms with van der Waals surface area (Å²) in [6, 6.07) is 13.7. The van der Waals surface area contributed by atoms with E-state index < -0.39 is 17.7 Å². The number of anilines is 1. The number of hydrogen-bond acceptors (Lipinski definition) is 5. The minimum absolute atomic E-state index is 0.0352. The normalized spacial score (nSPS) is 17.7. The molecular weight excluding hydrogens is 440 g/mol. The van der Waals surface area contributed by atoms with Crippen molar-refractivity contribution in [3.05, 3.63) is 94.3 Å². The molecular formula is C29H30N2O4. The maximum absolute atomic E-state index is 13.4. The van der Waals surface area contributed by atoms with Gasteiger partial charge in [0.2, 0.25) is 0 Å². The standard InChI is InChI=1S/C29H30N2O4/c1-17-9-11-22(18(2)14-17)31-25(20-8-7-13-30-16-20)24(27(33)28(31)34)26(32)19-10-12-23(35-6)21(15-19)29(3,4)5/h7-16,25,32H,1-6H3/b26-24-. The number of carbonyl (C=O) groups is 2. The second-order valence-corrected chi connectivity index (χ2v) is 9.91. The van der Waals surface area contributed by atoms with Crippen molar-refractivity contribution in [3.63, 3.8) is 0 Å². The van der Waals surface area contributed by atoms with E-state index in [4.69, 9.17) is 4.74 Å². The Balaban J connectivity index is 1.97.